The van der Waals surface area contributed by atoms with Gasteiger partial charge < -0.3 is 9.64 Å². The average Bonchev–Trinajstić information content (AvgIpc) is 3.07. The normalized spacial score (nSPS) is 17.7. The minimum absolute atomic E-state index is 0.0367. The number of hydrogen-bond acceptors (Lipinski definition) is 5. The number of nitro benzene ring substituents is 1. The van der Waals surface area contributed by atoms with E-state index in [9.17, 15) is 19.3 Å². The quantitative estimate of drug-likeness (QED) is 0.415. The largest absolute Gasteiger partial charge is 0.487 e. The van der Waals surface area contributed by atoms with Crippen molar-refractivity contribution in [3.63, 3.8) is 0 Å². The molecule has 7 heteroatoms. The molecule has 4 rings (SSSR count). The van der Waals surface area contributed by atoms with Crippen molar-refractivity contribution in [1.82, 2.24) is 4.90 Å². The number of piperidine rings is 1. The van der Waals surface area contributed by atoms with E-state index in [0.29, 0.717) is 18.4 Å². The summed E-state index contributed by atoms with van der Waals surface area (Å²) in [5.74, 6) is 0.457. The van der Waals surface area contributed by atoms with Crippen molar-refractivity contribution in [2.75, 3.05) is 19.6 Å². The predicted molar refractivity (Wildman–Crippen MR) is 106 cm³/mol. The van der Waals surface area contributed by atoms with Crippen LogP contribution in [0.2, 0.25) is 0 Å². The van der Waals surface area contributed by atoms with Gasteiger partial charge in [-0.25, -0.2) is 4.39 Å². The number of carbonyl (C=O) groups is 1. The van der Waals surface area contributed by atoms with E-state index in [2.05, 4.69) is 4.90 Å². The van der Waals surface area contributed by atoms with Gasteiger partial charge in [-0.15, -0.1) is 0 Å². The van der Waals surface area contributed by atoms with Gasteiger partial charge >= 0.3 is 0 Å². The molecule has 0 N–H and O–H groups in total. The van der Waals surface area contributed by atoms with Crippen LogP contribution in [0.1, 0.15) is 41.6 Å². The minimum atomic E-state index is -0.374. The first-order chi connectivity index (χ1) is 13.9. The molecule has 0 amide bonds. The maximum atomic E-state index is 13.0. The number of likely N-dealkylation sites (tertiary alicyclic amines) is 1. The van der Waals surface area contributed by atoms with Gasteiger partial charge in [-0.1, -0.05) is 0 Å². The number of hydrogen-bond donors (Lipinski definition) is 0. The molecule has 0 aromatic heterocycles. The lowest BCUT2D eigenvalue weighted by molar-refractivity contribution is -0.384. The topological polar surface area (TPSA) is 72.7 Å². The van der Waals surface area contributed by atoms with E-state index < -0.39 is 0 Å². The van der Waals surface area contributed by atoms with Gasteiger partial charge in [-0.05, 0) is 43.3 Å². The Morgan fingerprint density at radius 3 is 2.59 bits per heavy atom. The van der Waals surface area contributed by atoms with Crippen LogP contribution in [0.3, 0.4) is 0 Å². The van der Waals surface area contributed by atoms with Gasteiger partial charge in [-0.2, -0.15) is 0 Å². The van der Waals surface area contributed by atoms with E-state index in [1.54, 1.807) is 12.1 Å². The summed E-state index contributed by atoms with van der Waals surface area (Å²) < 4.78 is 19.1. The molecule has 152 valence electrons. The van der Waals surface area contributed by atoms with E-state index in [0.717, 1.165) is 50.2 Å². The lowest BCUT2D eigenvalue weighted by Crippen LogP contribution is -2.47. The molecule has 2 heterocycles. The Kier molecular flexibility index (Phi) is 5.32. The van der Waals surface area contributed by atoms with Crippen molar-refractivity contribution in [2.45, 2.75) is 37.7 Å². The molecule has 1 spiro atoms. The van der Waals surface area contributed by atoms with Crippen molar-refractivity contribution in [3.05, 3.63) is 69.5 Å². The monoisotopic (exact) mass is 398 g/mol. The van der Waals surface area contributed by atoms with Gasteiger partial charge in [0.05, 0.1) is 4.92 Å². The van der Waals surface area contributed by atoms with Crippen LogP contribution in [0.4, 0.5) is 10.1 Å². The summed E-state index contributed by atoms with van der Waals surface area (Å²) in [6.07, 6.45) is 3.64. The third-order valence-electron chi connectivity index (χ3n) is 5.91. The lowest BCUT2D eigenvalue weighted by Gasteiger charge is -2.38. The number of halogens is 1. The summed E-state index contributed by atoms with van der Waals surface area (Å²) in [5.41, 5.74) is 1.30. The average molecular weight is 398 g/mol. The van der Waals surface area contributed by atoms with Crippen LogP contribution in [-0.4, -0.2) is 40.8 Å². The molecule has 2 aromatic rings. The zero-order valence-electron chi connectivity index (χ0n) is 16.1. The highest BCUT2D eigenvalue weighted by Crippen LogP contribution is 2.42. The van der Waals surface area contributed by atoms with Gasteiger partial charge in [0.2, 0.25) is 0 Å². The number of non-ortho nitro benzene ring substituents is 1. The molecule has 0 bridgehead atoms. The molecular weight excluding hydrogens is 375 g/mol. The third-order valence-corrected chi connectivity index (χ3v) is 5.91. The number of carbonyl (C=O) groups excluding carboxylic acids is 1. The number of nitro groups is 1. The number of ether oxygens (including phenoxy) is 1. The molecule has 0 atom stereocenters. The Balaban J connectivity index is 1.25. The Hall–Kier alpha value is -2.80. The van der Waals surface area contributed by atoms with Crippen molar-refractivity contribution in [1.29, 1.82) is 0 Å². The van der Waals surface area contributed by atoms with E-state index >= 15 is 0 Å². The smallest absolute Gasteiger partial charge is 0.269 e. The minimum Gasteiger partial charge on any atom is -0.487 e. The number of Topliss-reactive ketones (excluding diaryl/α,β-unsaturated/α-hetero) is 1. The molecule has 1 fully saturated rings. The Morgan fingerprint density at radius 2 is 1.90 bits per heavy atom. The van der Waals surface area contributed by atoms with Gasteiger partial charge in [0.25, 0.3) is 5.69 Å². The van der Waals surface area contributed by atoms with Crippen LogP contribution in [0.5, 0.6) is 5.75 Å². The fourth-order valence-corrected chi connectivity index (χ4v) is 4.24. The highest BCUT2D eigenvalue weighted by molar-refractivity contribution is 5.95. The molecule has 2 aliphatic heterocycles. The number of benzene rings is 2. The summed E-state index contributed by atoms with van der Waals surface area (Å²) in [7, 11) is 0. The maximum Gasteiger partial charge on any atom is 0.269 e. The second kappa shape index (κ2) is 7.91. The summed E-state index contributed by atoms with van der Waals surface area (Å²) in [4.78, 5) is 25.1. The summed E-state index contributed by atoms with van der Waals surface area (Å²) >= 11 is 0. The summed E-state index contributed by atoms with van der Waals surface area (Å²) in [5, 5.41) is 11.0. The second-order valence-corrected chi connectivity index (χ2v) is 7.89. The third kappa shape index (κ3) is 4.29. The summed E-state index contributed by atoms with van der Waals surface area (Å²) in [6.45, 7) is 2.59. The SMILES string of the molecule is O=C(CCCN1CCC2(CC1)Cc1cc([N+](=O)[O-])ccc1O2)c1ccc(F)cc1. The molecule has 2 aliphatic rings. The first-order valence-corrected chi connectivity index (χ1v) is 9.92. The zero-order valence-corrected chi connectivity index (χ0v) is 16.1. The lowest BCUT2D eigenvalue weighted by atomic mass is 9.87. The Morgan fingerprint density at radius 1 is 1.17 bits per heavy atom. The first-order valence-electron chi connectivity index (χ1n) is 9.92. The molecular formula is C22H23FN2O4. The van der Waals surface area contributed by atoms with Crippen LogP contribution < -0.4 is 4.74 Å². The molecule has 1 saturated heterocycles. The number of nitrogens with zero attached hydrogens (tertiary/aromatic N) is 2. The zero-order chi connectivity index (χ0) is 20.4. The van der Waals surface area contributed by atoms with E-state index in [1.807, 2.05) is 0 Å². The molecule has 0 unspecified atom stereocenters. The highest BCUT2D eigenvalue weighted by atomic mass is 19.1. The summed E-state index contributed by atoms with van der Waals surface area (Å²) in [6, 6.07) is 10.5. The number of fused-ring (bicyclic) bond motifs is 1. The molecule has 29 heavy (non-hydrogen) atoms. The molecule has 0 radical (unpaired) electrons. The fourth-order valence-electron chi connectivity index (χ4n) is 4.24. The van der Waals surface area contributed by atoms with Gasteiger partial charge in [-0.3, -0.25) is 14.9 Å². The van der Waals surface area contributed by atoms with Crippen molar-refractivity contribution < 1.29 is 18.8 Å². The van der Waals surface area contributed by atoms with E-state index in [4.69, 9.17) is 4.74 Å². The van der Waals surface area contributed by atoms with Crippen molar-refractivity contribution >= 4 is 11.5 Å². The van der Waals surface area contributed by atoms with Crippen LogP contribution >= 0.6 is 0 Å². The van der Waals surface area contributed by atoms with Crippen molar-refractivity contribution in [2.24, 2.45) is 0 Å². The molecule has 0 saturated carbocycles. The predicted octanol–water partition coefficient (Wildman–Crippen LogP) is 4.17. The number of ketones is 1. The molecule has 6 nitrogen and oxygen atoms in total. The van der Waals surface area contributed by atoms with E-state index in [-0.39, 0.29) is 27.8 Å². The van der Waals surface area contributed by atoms with Gasteiger partial charge in [0.15, 0.2) is 5.78 Å². The standard InChI is InChI=1S/C22H23FN2O4/c23-18-5-3-16(4-6-18)20(26)2-1-11-24-12-9-22(10-13-24)15-17-14-19(25(27)28)7-8-21(17)29-22/h3-8,14H,1-2,9-13,15H2. The molecule has 0 aliphatic carbocycles. The van der Waals surface area contributed by atoms with E-state index in [1.165, 1.54) is 30.3 Å². The van der Waals surface area contributed by atoms with Crippen molar-refractivity contribution in [3.8, 4) is 5.75 Å². The number of rotatable bonds is 6. The van der Waals surface area contributed by atoms with Crippen LogP contribution in [0.15, 0.2) is 42.5 Å². The van der Waals surface area contributed by atoms with Crippen LogP contribution in [0, 0.1) is 15.9 Å². The maximum absolute atomic E-state index is 13.0. The van der Waals surface area contributed by atoms with Crippen LogP contribution in [-0.2, 0) is 6.42 Å². The van der Waals surface area contributed by atoms with Crippen LogP contribution in [0.25, 0.3) is 0 Å². The Labute approximate surface area is 168 Å². The highest BCUT2D eigenvalue weighted by Gasteiger charge is 2.42. The first kappa shape index (κ1) is 19.5. The fraction of sp³-hybridized carbons (Fsp3) is 0.409. The second-order valence-electron chi connectivity index (χ2n) is 7.89. The van der Waals surface area contributed by atoms with Gasteiger partial charge in [0.1, 0.15) is 17.2 Å². The van der Waals surface area contributed by atoms with Gasteiger partial charge in [0, 0.05) is 62.0 Å². The molecule has 2 aromatic carbocycles. The Bertz CT molecular complexity index is 921.